The maximum absolute atomic E-state index is 12.2. The quantitative estimate of drug-likeness (QED) is 0.646. The summed E-state index contributed by atoms with van der Waals surface area (Å²) in [6, 6.07) is -0.156. The number of carbonyl (C=O) groups excluding carboxylic acids is 1. The summed E-state index contributed by atoms with van der Waals surface area (Å²) in [6.45, 7) is 4.38. The first-order chi connectivity index (χ1) is 7.55. The van der Waals surface area contributed by atoms with Crippen molar-refractivity contribution >= 4 is 5.91 Å². The van der Waals surface area contributed by atoms with Crippen LogP contribution in [0.3, 0.4) is 0 Å². The molecule has 0 aliphatic heterocycles. The molecule has 1 amide bonds. The van der Waals surface area contributed by atoms with Crippen LogP contribution < -0.4 is 11.1 Å². The van der Waals surface area contributed by atoms with E-state index in [0.29, 0.717) is 6.54 Å². The van der Waals surface area contributed by atoms with Crippen LogP contribution in [0.2, 0.25) is 0 Å². The Balaban J connectivity index is 2.62. The number of hydrogen-bond donors (Lipinski definition) is 3. The van der Waals surface area contributed by atoms with Crippen molar-refractivity contribution in [2.24, 2.45) is 17.1 Å². The minimum Gasteiger partial charge on any atom is -0.394 e. The second-order valence-corrected chi connectivity index (χ2v) is 5.20. The van der Waals surface area contributed by atoms with Gasteiger partial charge in [0.15, 0.2) is 0 Å². The fourth-order valence-corrected chi connectivity index (χ4v) is 2.32. The third-order valence-electron chi connectivity index (χ3n) is 3.75. The van der Waals surface area contributed by atoms with E-state index < -0.39 is 0 Å². The summed E-state index contributed by atoms with van der Waals surface area (Å²) in [5.41, 5.74) is 5.37. The predicted molar refractivity (Wildman–Crippen MR) is 63.8 cm³/mol. The first-order valence-electron chi connectivity index (χ1n) is 6.17. The molecule has 4 heteroatoms. The lowest BCUT2D eigenvalue weighted by Crippen LogP contribution is -2.50. The topological polar surface area (TPSA) is 75.3 Å². The molecule has 0 radical (unpaired) electrons. The zero-order chi connectivity index (χ0) is 12.2. The van der Waals surface area contributed by atoms with Crippen LogP contribution in [-0.2, 0) is 4.79 Å². The van der Waals surface area contributed by atoms with Crippen molar-refractivity contribution < 1.29 is 9.90 Å². The number of nitrogens with two attached hydrogens (primary N) is 1. The van der Waals surface area contributed by atoms with Gasteiger partial charge in [-0.15, -0.1) is 0 Å². The van der Waals surface area contributed by atoms with Crippen molar-refractivity contribution in [3.63, 3.8) is 0 Å². The molecular weight excluding hydrogens is 204 g/mol. The van der Waals surface area contributed by atoms with E-state index in [0.717, 1.165) is 25.7 Å². The van der Waals surface area contributed by atoms with Crippen molar-refractivity contribution in [1.82, 2.24) is 5.32 Å². The minimum absolute atomic E-state index is 0.00986. The van der Waals surface area contributed by atoms with E-state index in [1.54, 1.807) is 0 Å². The highest BCUT2D eigenvalue weighted by atomic mass is 16.3. The molecule has 0 spiro atoms. The Labute approximate surface area is 97.6 Å². The smallest absolute Gasteiger partial charge is 0.227 e. The highest BCUT2D eigenvalue weighted by Crippen LogP contribution is 2.37. The standard InChI is InChI=1S/C12H24N2O2/c1-9(2)10(7-15)14-11(16)12(8-13)5-3-4-6-12/h9-10,15H,3-8,13H2,1-2H3,(H,14,16)/t10-/m1/s1. The molecule has 1 rings (SSSR count). The molecule has 0 heterocycles. The molecule has 1 saturated carbocycles. The van der Waals surface area contributed by atoms with Gasteiger partial charge < -0.3 is 16.2 Å². The third kappa shape index (κ3) is 2.74. The van der Waals surface area contributed by atoms with E-state index in [2.05, 4.69) is 5.32 Å². The summed E-state index contributed by atoms with van der Waals surface area (Å²) in [6.07, 6.45) is 3.92. The van der Waals surface area contributed by atoms with Crippen LogP contribution in [-0.4, -0.2) is 30.2 Å². The Morgan fingerprint density at radius 3 is 2.38 bits per heavy atom. The van der Waals surface area contributed by atoms with Crippen LogP contribution in [0.5, 0.6) is 0 Å². The third-order valence-corrected chi connectivity index (χ3v) is 3.75. The summed E-state index contributed by atoms with van der Waals surface area (Å²) in [4.78, 5) is 12.2. The summed E-state index contributed by atoms with van der Waals surface area (Å²) in [5, 5.41) is 12.1. The summed E-state index contributed by atoms with van der Waals surface area (Å²) < 4.78 is 0. The summed E-state index contributed by atoms with van der Waals surface area (Å²) >= 11 is 0. The average Bonchev–Trinajstić information content (AvgIpc) is 2.74. The monoisotopic (exact) mass is 228 g/mol. The first kappa shape index (κ1) is 13.5. The number of aliphatic hydroxyl groups excluding tert-OH is 1. The summed E-state index contributed by atoms with van der Waals surface area (Å²) in [5.74, 6) is 0.269. The molecule has 1 atom stereocenters. The fourth-order valence-electron chi connectivity index (χ4n) is 2.32. The Hall–Kier alpha value is -0.610. The van der Waals surface area contributed by atoms with E-state index in [1.165, 1.54) is 0 Å². The Kier molecular flexibility index (Phi) is 4.74. The molecule has 0 aromatic rings. The molecule has 0 bridgehead atoms. The SMILES string of the molecule is CC(C)[C@@H](CO)NC(=O)C1(CN)CCCC1. The Morgan fingerprint density at radius 2 is 2.00 bits per heavy atom. The van der Waals surface area contributed by atoms with E-state index >= 15 is 0 Å². The molecule has 1 aliphatic rings. The van der Waals surface area contributed by atoms with Crippen molar-refractivity contribution in [1.29, 1.82) is 0 Å². The van der Waals surface area contributed by atoms with Crippen LogP contribution in [0.15, 0.2) is 0 Å². The lowest BCUT2D eigenvalue weighted by Gasteiger charge is -2.29. The summed E-state index contributed by atoms with van der Waals surface area (Å²) in [7, 11) is 0. The van der Waals surface area contributed by atoms with Crippen molar-refractivity contribution in [3.8, 4) is 0 Å². The predicted octanol–water partition coefficient (Wildman–Crippen LogP) is 0.639. The van der Waals surface area contributed by atoms with Gasteiger partial charge in [0.05, 0.1) is 18.1 Å². The highest BCUT2D eigenvalue weighted by molar-refractivity contribution is 5.83. The number of carbonyl (C=O) groups is 1. The van der Waals surface area contributed by atoms with Crippen molar-refractivity contribution in [2.45, 2.75) is 45.6 Å². The van der Waals surface area contributed by atoms with E-state index in [9.17, 15) is 9.90 Å². The first-order valence-corrected chi connectivity index (χ1v) is 6.17. The van der Waals surface area contributed by atoms with Crippen LogP contribution >= 0.6 is 0 Å². The van der Waals surface area contributed by atoms with E-state index in [4.69, 9.17) is 5.73 Å². The molecule has 16 heavy (non-hydrogen) atoms. The molecule has 0 unspecified atom stereocenters. The van der Waals surface area contributed by atoms with Gasteiger partial charge in [0, 0.05) is 6.54 Å². The normalized spacial score (nSPS) is 21.1. The van der Waals surface area contributed by atoms with Gasteiger partial charge in [-0.3, -0.25) is 4.79 Å². The Morgan fingerprint density at radius 1 is 1.44 bits per heavy atom. The molecular formula is C12H24N2O2. The van der Waals surface area contributed by atoms with Gasteiger partial charge in [-0.25, -0.2) is 0 Å². The molecule has 0 aromatic heterocycles. The van der Waals surface area contributed by atoms with Crippen LogP contribution in [0, 0.1) is 11.3 Å². The Bertz CT molecular complexity index is 235. The number of hydrogen-bond acceptors (Lipinski definition) is 3. The minimum atomic E-state index is -0.373. The van der Waals surface area contributed by atoms with Crippen molar-refractivity contribution in [2.75, 3.05) is 13.2 Å². The van der Waals surface area contributed by atoms with Crippen LogP contribution in [0.4, 0.5) is 0 Å². The lowest BCUT2D eigenvalue weighted by molar-refractivity contribution is -0.131. The average molecular weight is 228 g/mol. The second-order valence-electron chi connectivity index (χ2n) is 5.20. The maximum Gasteiger partial charge on any atom is 0.227 e. The fraction of sp³-hybridized carbons (Fsp3) is 0.917. The molecule has 0 saturated heterocycles. The largest absolute Gasteiger partial charge is 0.394 e. The number of rotatable bonds is 5. The number of amides is 1. The molecule has 0 aromatic carbocycles. The van der Waals surface area contributed by atoms with Gasteiger partial charge in [0.2, 0.25) is 5.91 Å². The maximum atomic E-state index is 12.2. The van der Waals surface area contributed by atoms with Gasteiger partial charge in [0.25, 0.3) is 0 Å². The highest BCUT2D eigenvalue weighted by Gasteiger charge is 2.40. The zero-order valence-electron chi connectivity index (χ0n) is 10.3. The number of nitrogens with one attached hydrogen (secondary N) is 1. The van der Waals surface area contributed by atoms with Gasteiger partial charge in [0.1, 0.15) is 0 Å². The molecule has 4 nitrogen and oxygen atoms in total. The van der Waals surface area contributed by atoms with E-state index in [1.807, 2.05) is 13.8 Å². The van der Waals surface area contributed by atoms with Crippen LogP contribution in [0.25, 0.3) is 0 Å². The molecule has 4 N–H and O–H groups in total. The zero-order valence-corrected chi connectivity index (χ0v) is 10.3. The van der Waals surface area contributed by atoms with Gasteiger partial charge in [-0.2, -0.15) is 0 Å². The lowest BCUT2D eigenvalue weighted by atomic mass is 9.84. The molecule has 1 fully saturated rings. The van der Waals surface area contributed by atoms with Gasteiger partial charge in [-0.1, -0.05) is 26.7 Å². The van der Waals surface area contributed by atoms with Gasteiger partial charge in [-0.05, 0) is 18.8 Å². The molecule has 1 aliphatic carbocycles. The second kappa shape index (κ2) is 5.64. The van der Waals surface area contributed by atoms with E-state index in [-0.39, 0.29) is 29.9 Å². The van der Waals surface area contributed by atoms with Crippen LogP contribution in [0.1, 0.15) is 39.5 Å². The van der Waals surface area contributed by atoms with Crippen molar-refractivity contribution in [3.05, 3.63) is 0 Å². The molecule has 94 valence electrons. The van der Waals surface area contributed by atoms with Gasteiger partial charge >= 0.3 is 0 Å². The number of aliphatic hydroxyl groups is 1.